The van der Waals surface area contributed by atoms with Crippen molar-refractivity contribution in [3.63, 3.8) is 0 Å². The van der Waals surface area contributed by atoms with Crippen LogP contribution >= 0.6 is 0 Å². The van der Waals surface area contributed by atoms with Gasteiger partial charge < -0.3 is 19.5 Å². The van der Waals surface area contributed by atoms with Crippen LogP contribution in [0.15, 0.2) is 18.2 Å². The van der Waals surface area contributed by atoms with Crippen LogP contribution in [0, 0.1) is 0 Å². The minimum Gasteiger partial charge on any atom is -0.490 e. The molecular weight excluding hydrogens is 266 g/mol. The smallest absolute Gasteiger partial charge is 0.161 e. The first kappa shape index (κ1) is 16.1. The number of rotatable bonds is 8. The van der Waals surface area contributed by atoms with E-state index in [4.69, 9.17) is 9.47 Å². The Balaban J connectivity index is 1.98. The zero-order chi connectivity index (χ0) is 15.1. The molecule has 1 aliphatic rings. The van der Waals surface area contributed by atoms with E-state index in [1.54, 1.807) is 0 Å². The highest BCUT2D eigenvalue weighted by Crippen LogP contribution is 2.31. The molecule has 118 valence electrons. The molecule has 2 rings (SSSR count). The summed E-state index contributed by atoms with van der Waals surface area (Å²) in [5, 5.41) is 10.4. The quantitative estimate of drug-likeness (QED) is 0.800. The first-order valence-corrected chi connectivity index (χ1v) is 8.04. The summed E-state index contributed by atoms with van der Waals surface area (Å²) < 4.78 is 11.2. The van der Waals surface area contributed by atoms with Gasteiger partial charge in [0, 0.05) is 6.54 Å². The van der Waals surface area contributed by atoms with E-state index < -0.39 is 6.10 Å². The van der Waals surface area contributed by atoms with Gasteiger partial charge in [-0.2, -0.15) is 0 Å². The van der Waals surface area contributed by atoms with E-state index >= 15 is 0 Å². The van der Waals surface area contributed by atoms with Gasteiger partial charge in [0.25, 0.3) is 0 Å². The maximum absolute atomic E-state index is 10.4. The van der Waals surface area contributed by atoms with E-state index in [1.807, 2.05) is 32.0 Å². The summed E-state index contributed by atoms with van der Waals surface area (Å²) in [4.78, 5) is 2.42. The highest BCUT2D eigenvalue weighted by molar-refractivity contribution is 5.43. The summed E-state index contributed by atoms with van der Waals surface area (Å²) in [5.41, 5.74) is 0.904. The summed E-state index contributed by atoms with van der Waals surface area (Å²) in [5.74, 6) is 1.46. The second-order valence-electron chi connectivity index (χ2n) is 5.43. The van der Waals surface area contributed by atoms with Gasteiger partial charge in [0.05, 0.1) is 19.3 Å². The molecule has 1 fully saturated rings. The molecule has 1 aliphatic heterocycles. The molecule has 0 radical (unpaired) electrons. The molecule has 1 unspecified atom stereocenters. The van der Waals surface area contributed by atoms with Gasteiger partial charge in [0.1, 0.15) is 0 Å². The summed E-state index contributed by atoms with van der Waals surface area (Å²) in [7, 11) is 0. The first-order valence-electron chi connectivity index (χ1n) is 8.04. The van der Waals surface area contributed by atoms with E-state index in [0.717, 1.165) is 30.0 Å². The zero-order valence-corrected chi connectivity index (χ0v) is 13.2. The van der Waals surface area contributed by atoms with Crippen LogP contribution in [0.1, 0.15) is 44.8 Å². The predicted octanol–water partition coefficient (Wildman–Crippen LogP) is 3.00. The molecule has 0 saturated carbocycles. The van der Waals surface area contributed by atoms with E-state index in [-0.39, 0.29) is 0 Å². The van der Waals surface area contributed by atoms with Crippen LogP contribution in [-0.4, -0.2) is 42.9 Å². The second kappa shape index (κ2) is 8.25. The molecule has 1 N–H and O–H groups in total. The highest BCUT2D eigenvalue weighted by atomic mass is 16.5. The van der Waals surface area contributed by atoms with Gasteiger partial charge in [0.15, 0.2) is 11.5 Å². The number of aliphatic hydroxyl groups excluding tert-OH is 1. The molecule has 21 heavy (non-hydrogen) atoms. The number of ether oxygens (including phenoxy) is 2. The van der Waals surface area contributed by atoms with Crippen molar-refractivity contribution in [1.29, 1.82) is 0 Å². The van der Waals surface area contributed by atoms with Crippen molar-refractivity contribution in [2.75, 3.05) is 32.8 Å². The summed E-state index contributed by atoms with van der Waals surface area (Å²) in [6, 6.07) is 5.73. The molecule has 1 aromatic rings. The van der Waals surface area contributed by atoms with E-state index in [0.29, 0.717) is 13.2 Å². The van der Waals surface area contributed by atoms with Crippen molar-refractivity contribution >= 4 is 0 Å². The van der Waals surface area contributed by atoms with Crippen LogP contribution in [0.5, 0.6) is 11.5 Å². The number of likely N-dealkylation sites (tertiary alicyclic amines) is 1. The minimum atomic E-state index is -0.444. The van der Waals surface area contributed by atoms with Gasteiger partial charge in [-0.15, -0.1) is 0 Å². The summed E-state index contributed by atoms with van der Waals surface area (Å²) >= 11 is 0. The molecule has 0 aromatic heterocycles. The normalized spacial score (nSPS) is 16.9. The van der Waals surface area contributed by atoms with Crippen LogP contribution in [-0.2, 0) is 0 Å². The Morgan fingerprint density at radius 2 is 1.76 bits per heavy atom. The molecule has 4 nitrogen and oxygen atoms in total. The van der Waals surface area contributed by atoms with Crippen LogP contribution in [0.3, 0.4) is 0 Å². The topological polar surface area (TPSA) is 41.9 Å². The lowest BCUT2D eigenvalue weighted by molar-refractivity contribution is 0.148. The molecule has 0 aliphatic carbocycles. The lowest BCUT2D eigenvalue weighted by atomic mass is 10.1. The molecule has 4 heteroatoms. The van der Waals surface area contributed by atoms with Crippen molar-refractivity contribution in [3.8, 4) is 11.5 Å². The van der Waals surface area contributed by atoms with Gasteiger partial charge in [-0.3, -0.25) is 0 Å². The van der Waals surface area contributed by atoms with Crippen molar-refractivity contribution in [2.24, 2.45) is 0 Å². The summed E-state index contributed by atoms with van der Waals surface area (Å²) in [6.07, 6.45) is 2.89. The Bertz CT molecular complexity index is 430. The van der Waals surface area contributed by atoms with Crippen LogP contribution < -0.4 is 9.47 Å². The standard InChI is InChI=1S/C17H27NO3/c1-3-20-16-8-7-14(13-17(16)21-4-2)15(19)9-12-18-10-5-6-11-18/h7-8,13,15,19H,3-6,9-12H2,1-2H3. The Morgan fingerprint density at radius 1 is 1.10 bits per heavy atom. The predicted molar refractivity (Wildman–Crippen MR) is 84.0 cm³/mol. The molecule has 0 spiro atoms. The molecule has 1 saturated heterocycles. The largest absolute Gasteiger partial charge is 0.490 e. The van der Waals surface area contributed by atoms with Gasteiger partial charge in [-0.1, -0.05) is 6.07 Å². The Kier molecular flexibility index (Phi) is 6.33. The fourth-order valence-electron chi connectivity index (χ4n) is 2.75. The lowest BCUT2D eigenvalue weighted by Gasteiger charge is -2.19. The SMILES string of the molecule is CCOc1ccc(C(O)CCN2CCCC2)cc1OCC. The number of hydrogen-bond donors (Lipinski definition) is 1. The molecule has 1 atom stereocenters. The van der Waals surface area contributed by atoms with Gasteiger partial charge in [-0.05, 0) is 63.9 Å². The Morgan fingerprint density at radius 3 is 2.43 bits per heavy atom. The minimum absolute atomic E-state index is 0.444. The lowest BCUT2D eigenvalue weighted by Crippen LogP contribution is -2.22. The number of benzene rings is 1. The van der Waals surface area contributed by atoms with Crippen molar-refractivity contribution in [3.05, 3.63) is 23.8 Å². The monoisotopic (exact) mass is 293 g/mol. The van der Waals surface area contributed by atoms with Crippen LogP contribution in [0.2, 0.25) is 0 Å². The van der Waals surface area contributed by atoms with Crippen molar-refractivity contribution in [1.82, 2.24) is 4.90 Å². The molecular formula is C17H27NO3. The molecule has 0 amide bonds. The second-order valence-corrected chi connectivity index (χ2v) is 5.43. The first-order chi connectivity index (χ1) is 10.2. The molecule has 1 aromatic carbocycles. The van der Waals surface area contributed by atoms with Crippen LogP contribution in [0.4, 0.5) is 0 Å². The zero-order valence-electron chi connectivity index (χ0n) is 13.2. The number of aliphatic hydroxyl groups is 1. The molecule has 0 bridgehead atoms. The third kappa shape index (κ3) is 4.61. The van der Waals surface area contributed by atoms with E-state index in [1.165, 1.54) is 25.9 Å². The van der Waals surface area contributed by atoms with Crippen molar-refractivity contribution in [2.45, 2.75) is 39.2 Å². The summed E-state index contributed by atoms with van der Waals surface area (Å²) in [6.45, 7) is 8.39. The van der Waals surface area contributed by atoms with Gasteiger partial charge >= 0.3 is 0 Å². The van der Waals surface area contributed by atoms with Gasteiger partial charge in [0.2, 0.25) is 0 Å². The van der Waals surface area contributed by atoms with E-state index in [9.17, 15) is 5.11 Å². The number of nitrogens with zero attached hydrogens (tertiary/aromatic N) is 1. The molecule has 1 heterocycles. The highest BCUT2D eigenvalue weighted by Gasteiger charge is 2.16. The fourth-order valence-corrected chi connectivity index (χ4v) is 2.75. The van der Waals surface area contributed by atoms with E-state index in [2.05, 4.69) is 4.90 Å². The Hall–Kier alpha value is -1.26. The third-order valence-corrected chi connectivity index (χ3v) is 3.87. The fraction of sp³-hybridized carbons (Fsp3) is 0.647. The average molecular weight is 293 g/mol. The maximum atomic E-state index is 10.4. The number of hydrogen-bond acceptors (Lipinski definition) is 4. The van der Waals surface area contributed by atoms with Crippen molar-refractivity contribution < 1.29 is 14.6 Å². The maximum Gasteiger partial charge on any atom is 0.161 e. The third-order valence-electron chi connectivity index (χ3n) is 3.87. The average Bonchev–Trinajstić information content (AvgIpc) is 3.00. The van der Waals surface area contributed by atoms with Crippen LogP contribution in [0.25, 0.3) is 0 Å². The Labute approximate surface area is 127 Å². The van der Waals surface area contributed by atoms with Gasteiger partial charge in [-0.25, -0.2) is 0 Å².